The van der Waals surface area contributed by atoms with Crippen LogP contribution in [0.2, 0.25) is 0 Å². The first-order valence-corrected chi connectivity index (χ1v) is 5.25. The molecule has 0 aromatic rings. The Morgan fingerprint density at radius 3 is 1.56 bits per heavy atom. The number of nitrogens with zero attached hydrogens (tertiary/aromatic N) is 1. The molecule has 0 radical (unpaired) electrons. The van der Waals surface area contributed by atoms with Gasteiger partial charge in [-0.15, -0.1) is 0 Å². The molecule has 1 N–H and O–H groups in total. The number of rotatable bonds is 0. The lowest BCUT2D eigenvalue weighted by molar-refractivity contribution is -0.462. The minimum atomic E-state index is -2.40. The molecular weight excluding hydrogens is 246 g/mol. The van der Waals surface area contributed by atoms with Crippen LogP contribution in [0.25, 0.3) is 0 Å². The second-order valence-corrected chi connectivity index (χ2v) is 5.32. The molecule has 0 spiro atoms. The van der Waals surface area contributed by atoms with E-state index >= 15 is 0 Å². The van der Waals surface area contributed by atoms with Crippen molar-refractivity contribution < 1.29 is 34.0 Å². The van der Waals surface area contributed by atoms with E-state index < -0.39 is 34.3 Å². The summed E-state index contributed by atoms with van der Waals surface area (Å²) < 4.78 is 0. The lowest BCUT2D eigenvalue weighted by atomic mass is 9.60. The molecule has 2 bridgehead atoms. The Bertz CT molecular complexity index is 423. The van der Waals surface area contributed by atoms with E-state index in [0.717, 1.165) is 0 Å². The van der Waals surface area contributed by atoms with Crippen molar-refractivity contribution in [2.24, 2.45) is 10.8 Å². The highest BCUT2D eigenvalue weighted by atomic mass is 17.2. The van der Waals surface area contributed by atoms with Crippen molar-refractivity contribution in [1.82, 2.24) is 5.39 Å². The molecule has 0 unspecified atom stereocenters. The fourth-order valence-electron chi connectivity index (χ4n) is 2.14. The molecule has 18 heavy (non-hydrogen) atoms. The number of hydrogen-bond acceptors (Lipinski definition) is 8. The third kappa shape index (κ3) is 1.19. The van der Waals surface area contributed by atoms with Crippen molar-refractivity contribution in [3.63, 3.8) is 0 Å². The van der Waals surface area contributed by atoms with Crippen molar-refractivity contribution >= 4 is 17.9 Å². The topological polar surface area (TPSA) is 102 Å². The molecular formula is C10H13NO7. The van der Waals surface area contributed by atoms with E-state index in [4.69, 9.17) is 0 Å². The first kappa shape index (κ1) is 12.8. The summed E-state index contributed by atoms with van der Waals surface area (Å²) in [6, 6.07) is 0. The molecule has 2 fully saturated rings. The minimum absolute atomic E-state index is 0.0292. The molecule has 8 heteroatoms. The van der Waals surface area contributed by atoms with Gasteiger partial charge in [0.2, 0.25) is 5.39 Å². The highest BCUT2D eigenvalue weighted by molar-refractivity contribution is 5.97. The van der Waals surface area contributed by atoms with Gasteiger partial charge in [0.05, 0.1) is 0 Å². The summed E-state index contributed by atoms with van der Waals surface area (Å²) in [5.41, 5.74) is -5.76. The van der Waals surface area contributed by atoms with Crippen LogP contribution in [-0.2, 0) is 28.9 Å². The van der Waals surface area contributed by atoms with Crippen molar-refractivity contribution in [2.45, 2.75) is 33.3 Å². The Kier molecular flexibility index (Phi) is 2.28. The maximum Gasteiger partial charge on any atom is 0.366 e. The van der Waals surface area contributed by atoms with E-state index in [1.165, 1.54) is 27.7 Å². The molecule has 0 saturated carbocycles. The van der Waals surface area contributed by atoms with Crippen molar-refractivity contribution in [1.29, 1.82) is 0 Å². The van der Waals surface area contributed by atoms with Gasteiger partial charge in [-0.25, -0.2) is 14.4 Å². The van der Waals surface area contributed by atoms with Gasteiger partial charge in [0.25, 0.3) is 0 Å². The highest BCUT2D eigenvalue weighted by Gasteiger charge is 2.72. The monoisotopic (exact) mass is 259 g/mol. The molecule has 2 aliphatic rings. The minimum Gasteiger partial charge on any atom is -0.376 e. The Morgan fingerprint density at radius 1 is 0.833 bits per heavy atom. The van der Waals surface area contributed by atoms with Crippen LogP contribution in [0.3, 0.4) is 0 Å². The SMILES string of the molecule is CC1(C)C(=O)ON2OC(=O)C(C)(C)C1(O)C(=O)O2. The van der Waals surface area contributed by atoms with Gasteiger partial charge in [-0.3, -0.25) is 14.5 Å². The molecule has 8 nitrogen and oxygen atoms in total. The van der Waals surface area contributed by atoms with Gasteiger partial charge >= 0.3 is 17.9 Å². The average molecular weight is 259 g/mol. The van der Waals surface area contributed by atoms with Crippen molar-refractivity contribution in [3.8, 4) is 0 Å². The van der Waals surface area contributed by atoms with Gasteiger partial charge in [-0.05, 0) is 27.7 Å². The Hall–Kier alpha value is -1.67. The van der Waals surface area contributed by atoms with Gasteiger partial charge in [-0.2, -0.15) is 0 Å². The third-order valence-electron chi connectivity index (χ3n) is 3.60. The number of hydrogen-bond donors (Lipinski definition) is 1. The van der Waals surface area contributed by atoms with Crippen LogP contribution in [0, 0.1) is 10.8 Å². The standard InChI is InChI=1S/C10H13NO7/c1-8(2)5(12)16-11-17-6(13)9(3,4)10(8,15)7(14)18-11/h15H,1-4H3. The fraction of sp³-hybridized carbons (Fsp3) is 0.700. The zero-order valence-corrected chi connectivity index (χ0v) is 10.3. The molecule has 0 atom stereocenters. The predicted octanol–water partition coefficient (Wildman–Crippen LogP) is -0.526. The van der Waals surface area contributed by atoms with Crippen LogP contribution in [0.5, 0.6) is 0 Å². The van der Waals surface area contributed by atoms with Gasteiger partial charge < -0.3 is 5.11 Å². The largest absolute Gasteiger partial charge is 0.376 e. The van der Waals surface area contributed by atoms with Gasteiger partial charge in [-0.1, -0.05) is 0 Å². The van der Waals surface area contributed by atoms with Gasteiger partial charge in [0, 0.05) is 0 Å². The normalized spacial score (nSPS) is 37.2. The number of carbonyl (C=O) groups excluding carboxylic acids is 3. The predicted molar refractivity (Wildman–Crippen MR) is 52.6 cm³/mol. The molecule has 2 aliphatic heterocycles. The number of fused-ring (bicyclic) bond motifs is 3. The van der Waals surface area contributed by atoms with E-state index in [1.807, 2.05) is 0 Å². The van der Waals surface area contributed by atoms with E-state index in [-0.39, 0.29) is 5.39 Å². The molecule has 2 rings (SSSR count). The van der Waals surface area contributed by atoms with Crippen LogP contribution < -0.4 is 0 Å². The van der Waals surface area contributed by atoms with Crippen LogP contribution >= 0.6 is 0 Å². The molecule has 0 aliphatic carbocycles. The summed E-state index contributed by atoms with van der Waals surface area (Å²) in [6.45, 7) is 5.17. The smallest absolute Gasteiger partial charge is 0.366 e. The third-order valence-corrected chi connectivity index (χ3v) is 3.60. The second kappa shape index (κ2) is 3.21. The summed E-state index contributed by atoms with van der Waals surface area (Å²) in [5.74, 6) is -3.08. The quantitative estimate of drug-likeness (QED) is 0.619. The molecule has 100 valence electrons. The summed E-state index contributed by atoms with van der Waals surface area (Å²) in [7, 11) is 0. The van der Waals surface area contributed by atoms with E-state index in [2.05, 4.69) is 14.5 Å². The van der Waals surface area contributed by atoms with Gasteiger partial charge in [0.1, 0.15) is 10.8 Å². The number of aliphatic hydroxyl groups is 1. The first-order valence-electron chi connectivity index (χ1n) is 5.25. The summed E-state index contributed by atoms with van der Waals surface area (Å²) >= 11 is 0. The van der Waals surface area contributed by atoms with E-state index in [9.17, 15) is 19.5 Å². The summed E-state index contributed by atoms with van der Waals surface area (Å²) in [5, 5.41) is 10.7. The zero-order valence-electron chi connectivity index (χ0n) is 10.3. The average Bonchev–Trinajstić information content (AvgIpc) is 2.34. The summed E-state index contributed by atoms with van der Waals surface area (Å²) in [4.78, 5) is 49.3. The van der Waals surface area contributed by atoms with Crippen LogP contribution in [0.15, 0.2) is 0 Å². The second-order valence-electron chi connectivity index (χ2n) is 5.32. The lowest BCUT2D eigenvalue weighted by Gasteiger charge is -2.43. The number of carbonyl (C=O) groups is 3. The summed E-state index contributed by atoms with van der Waals surface area (Å²) in [6.07, 6.45) is 0. The van der Waals surface area contributed by atoms with Crippen LogP contribution in [0.1, 0.15) is 27.7 Å². The Balaban J connectivity index is 2.74. The van der Waals surface area contributed by atoms with Crippen LogP contribution in [-0.4, -0.2) is 34.0 Å². The highest BCUT2D eigenvalue weighted by Crippen LogP contribution is 2.50. The Morgan fingerprint density at radius 2 is 1.17 bits per heavy atom. The van der Waals surface area contributed by atoms with E-state index in [0.29, 0.717) is 0 Å². The van der Waals surface area contributed by atoms with E-state index in [1.54, 1.807) is 0 Å². The Labute approximate surface area is 102 Å². The molecule has 2 saturated heterocycles. The fourth-order valence-corrected chi connectivity index (χ4v) is 2.14. The van der Waals surface area contributed by atoms with Crippen molar-refractivity contribution in [3.05, 3.63) is 0 Å². The van der Waals surface area contributed by atoms with Crippen LogP contribution in [0.4, 0.5) is 0 Å². The lowest BCUT2D eigenvalue weighted by Crippen LogP contribution is -2.65. The first-order chi connectivity index (χ1) is 8.05. The molecule has 0 aromatic heterocycles. The van der Waals surface area contributed by atoms with Gasteiger partial charge in [0.15, 0.2) is 5.60 Å². The van der Waals surface area contributed by atoms with Crippen molar-refractivity contribution in [2.75, 3.05) is 0 Å². The molecule has 0 aromatic carbocycles. The molecule has 2 heterocycles. The maximum absolute atomic E-state index is 12.0. The zero-order chi connectivity index (χ0) is 13.9. The maximum atomic E-state index is 12.0. The molecule has 0 amide bonds.